The van der Waals surface area contributed by atoms with E-state index >= 15 is 0 Å². The van der Waals surface area contributed by atoms with Gasteiger partial charge < -0.3 is 19.7 Å². The van der Waals surface area contributed by atoms with E-state index in [2.05, 4.69) is 13.8 Å². The molecule has 0 rings (SSSR count). The third kappa shape index (κ3) is 20.7. The fourth-order valence-corrected chi connectivity index (χ4v) is 3.86. The zero-order valence-corrected chi connectivity index (χ0v) is 21.0. The lowest BCUT2D eigenvalue weighted by molar-refractivity contribution is -0.160. The Labute approximate surface area is 196 Å². The standard InChI is InChI=1S/C26H50O6/c1-22(2)17-15-13-11-9-7-5-4-6-8-10-12-14-16-18-24(31-23(3)29)19-26(30)32-25(20-27)21-28/h22,24-25,27-28H,4-21H2,1-3H3/t24-/m1/s1. The molecular formula is C26H50O6. The molecule has 0 saturated heterocycles. The lowest BCUT2D eigenvalue weighted by atomic mass is 10.0. The summed E-state index contributed by atoms with van der Waals surface area (Å²) in [4.78, 5) is 23.2. The highest BCUT2D eigenvalue weighted by Crippen LogP contribution is 2.16. The summed E-state index contributed by atoms with van der Waals surface area (Å²) in [7, 11) is 0. The van der Waals surface area contributed by atoms with Gasteiger partial charge in [0, 0.05) is 6.92 Å². The van der Waals surface area contributed by atoms with Crippen LogP contribution < -0.4 is 0 Å². The second kappa shape index (κ2) is 21.7. The number of esters is 2. The van der Waals surface area contributed by atoms with Crippen molar-refractivity contribution in [2.75, 3.05) is 13.2 Å². The predicted octanol–water partition coefficient (Wildman–Crippen LogP) is 5.71. The molecule has 32 heavy (non-hydrogen) atoms. The van der Waals surface area contributed by atoms with Crippen molar-refractivity contribution in [2.45, 2.75) is 136 Å². The van der Waals surface area contributed by atoms with Crippen molar-refractivity contribution < 1.29 is 29.3 Å². The van der Waals surface area contributed by atoms with Crippen LogP contribution in [-0.2, 0) is 19.1 Å². The number of hydrogen-bond donors (Lipinski definition) is 2. The number of aliphatic hydroxyl groups is 2. The van der Waals surface area contributed by atoms with Crippen LogP contribution in [0.2, 0.25) is 0 Å². The highest BCUT2D eigenvalue weighted by molar-refractivity contribution is 5.71. The summed E-state index contributed by atoms with van der Waals surface area (Å²) in [6.07, 6.45) is 17.1. The van der Waals surface area contributed by atoms with E-state index in [4.69, 9.17) is 19.7 Å². The van der Waals surface area contributed by atoms with Gasteiger partial charge in [0.1, 0.15) is 12.2 Å². The number of aliphatic hydroxyl groups excluding tert-OH is 2. The van der Waals surface area contributed by atoms with Crippen LogP contribution in [0, 0.1) is 5.92 Å². The molecule has 0 aromatic rings. The minimum Gasteiger partial charge on any atom is -0.462 e. The third-order valence-electron chi connectivity index (χ3n) is 5.74. The Morgan fingerprint density at radius 3 is 1.41 bits per heavy atom. The molecule has 0 aliphatic carbocycles. The monoisotopic (exact) mass is 458 g/mol. The lowest BCUT2D eigenvalue weighted by Gasteiger charge is -2.18. The van der Waals surface area contributed by atoms with Gasteiger partial charge in [0.05, 0.1) is 19.6 Å². The minimum atomic E-state index is -0.921. The fraction of sp³-hybridized carbons (Fsp3) is 0.923. The Hall–Kier alpha value is -1.14. The van der Waals surface area contributed by atoms with Crippen LogP contribution in [0.3, 0.4) is 0 Å². The van der Waals surface area contributed by atoms with Crippen LogP contribution in [0.1, 0.15) is 124 Å². The normalized spacial score (nSPS) is 12.3. The van der Waals surface area contributed by atoms with Crippen molar-refractivity contribution in [3.05, 3.63) is 0 Å². The topological polar surface area (TPSA) is 93.1 Å². The van der Waals surface area contributed by atoms with Crippen molar-refractivity contribution in [3.8, 4) is 0 Å². The van der Waals surface area contributed by atoms with Crippen molar-refractivity contribution in [2.24, 2.45) is 5.92 Å². The molecule has 6 nitrogen and oxygen atoms in total. The second-order valence-electron chi connectivity index (χ2n) is 9.48. The number of rotatable bonds is 22. The second-order valence-corrected chi connectivity index (χ2v) is 9.48. The molecule has 0 fully saturated rings. The highest BCUT2D eigenvalue weighted by atomic mass is 16.6. The molecule has 0 heterocycles. The molecule has 190 valence electrons. The van der Waals surface area contributed by atoms with Gasteiger partial charge in [-0.15, -0.1) is 0 Å². The Balaban J connectivity index is 3.67. The summed E-state index contributed by atoms with van der Waals surface area (Å²) in [6.45, 7) is 5.07. The Kier molecular flexibility index (Phi) is 20.9. The number of ether oxygens (including phenoxy) is 2. The Morgan fingerprint density at radius 2 is 1.03 bits per heavy atom. The largest absolute Gasteiger partial charge is 0.462 e. The van der Waals surface area contributed by atoms with E-state index in [9.17, 15) is 9.59 Å². The van der Waals surface area contributed by atoms with Gasteiger partial charge in [-0.2, -0.15) is 0 Å². The van der Waals surface area contributed by atoms with E-state index in [1.807, 2.05) is 0 Å². The first kappa shape index (κ1) is 30.9. The minimum absolute atomic E-state index is 0.0478. The summed E-state index contributed by atoms with van der Waals surface area (Å²) in [5.41, 5.74) is 0. The molecule has 0 aromatic carbocycles. The summed E-state index contributed by atoms with van der Waals surface area (Å²) < 4.78 is 10.2. The smallest absolute Gasteiger partial charge is 0.309 e. The molecule has 0 unspecified atom stereocenters. The van der Waals surface area contributed by atoms with Crippen molar-refractivity contribution in [3.63, 3.8) is 0 Å². The molecule has 0 aliphatic heterocycles. The van der Waals surface area contributed by atoms with Crippen molar-refractivity contribution >= 4 is 11.9 Å². The number of carbonyl (C=O) groups excluding carboxylic acids is 2. The molecule has 0 radical (unpaired) electrons. The maximum Gasteiger partial charge on any atom is 0.309 e. The molecule has 0 spiro atoms. The number of hydrogen-bond acceptors (Lipinski definition) is 6. The van der Waals surface area contributed by atoms with E-state index in [1.165, 1.54) is 77.6 Å². The molecule has 0 aliphatic rings. The number of unbranched alkanes of at least 4 members (excludes halogenated alkanes) is 12. The number of carbonyl (C=O) groups is 2. The van der Waals surface area contributed by atoms with Crippen LogP contribution >= 0.6 is 0 Å². The average Bonchev–Trinajstić information content (AvgIpc) is 2.73. The Bertz CT molecular complexity index is 448. The fourth-order valence-electron chi connectivity index (χ4n) is 3.86. The van der Waals surface area contributed by atoms with E-state index in [0.29, 0.717) is 6.42 Å². The maximum atomic E-state index is 11.9. The van der Waals surface area contributed by atoms with Crippen LogP contribution in [-0.4, -0.2) is 47.6 Å². The molecule has 1 atom stereocenters. The zero-order valence-electron chi connectivity index (χ0n) is 21.0. The molecule has 0 amide bonds. The maximum absolute atomic E-state index is 11.9. The first-order valence-corrected chi connectivity index (χ1v) is 13.0. The summed E-state index contributed by atoms with van der Waals surface area (Å²) in [6, 6.07) is 0. The predicted molar refractivity (Wildman–Crippen MR) is 128 cm³/mol. The van der Waals surface area contributed by atoms with E-state index in [1.54, 1.807) is 0 Å². The van der Waals surface area contributed by atoms with Crippen molar-refractivity contribution in [1.29, 1.82) is 0 Å². The molecule has 0 saturated carbocycles. The SMILES string of the molecule is CC(=O)O[C@H](CCCCCCCCCCCCCCCC(C)C)CC(=O)OC(CO)CO. The third-order valence-corrected chi connectivity index (χ3v) is 5.74. The van der Waals surface area contributed by atoms with Crippen LogP contribution in [0.4, 0.5) is 0 Å². The van der Waals surface area contributed by atoms with E-state index < -0.39 is 37.4 Å². The molecule has 0 aromatic heterocycles. The van der Waals surface area contributed by atoms with Gasteiger partial charge in [-0.05, 0) is 18.8 Å². The molecule has 2 N–H and O–H groups in total. The van der Waals surface area contributed by atoms with Crippen LogP contribution in [0.25, 0.3) is 0 Å². The van der Waals surface area contributed by atoms with Gasteiger partial charge in [-0.3, -0.25) is 9.59 Å². The van der Waals surface area contributed by atoms with E-state index in [-0.39, 0.29) is 6.42 Å². The zero-order chi connectivity index (χ0) is 24.0. The summed E-state index contributed by atoms with van der Waals surface area (Å²) in [5.74, 6) is -0.147. The summed E-state index contributed by atoms with van der Waals surface area (Å²) >= 11 is 0. The van der Waals surface area contributed by atoms with Gasteiger partial charge >= 0.3 is 11.9 Å². The van der Waals surface area contributed by atoms with Gasteiger partial charge in [-0.25, -0.2) is 0 Å². The molecule has 6 heteroatoms. The molecular weight excluding hydrogens is 408 g/mol. The molecule has 0 bridgehead atoms. The van der Waals surface area contributed by atoms with Crippen LogP contribution in [0.15, 0.2) is 0 Å². The Morgan fingerprint density at radius 1 is 0.625 bits per heavy atom. The lowest BCUT2D eigenvalue weighted by Crippen LogP contribution is -2.29. The van der Waals surface area contributed by atoms with Crippen LogP contribution in [0.5, 0.6) is 0 Å². The van der Waals surface area contributed by atoms with Gasteiger partial charge in [0.2, 0.25) is 0 Å². The quantitative estimate of drug-likeness (QED) is 0.159. The first-order valence-electron chi connectivity index (χ1n) is 13.0. The van der Waals surface area contributed by atoms with Crippen molar-refractivity contribution in [1.82, 2.24) is 0 Å². The van der Waals surface area contributed by atoms with E-state index in [0.717, 1.165) is 25.2 Å². The average molecular weight is 459 g/mol. The first-order chi connectivity index (χ1) is 15.4. The van der Waals surface area contributed by atoms with Gasteiger partial charge in [0.15, 0.2) is 0 Å². The van der Waals surface area contributed by atoms with Gasteiger partial charge in [-0.1, -0.05) is 97.3 Å². The van der Waals surface area contributed by atoms with Gasteiger partial charge in [0.25, 0.3) is 0 Å². The highest BCUT2D eigenvalue weighted by Gasteiger charge is 2.20. The summed E-state index contributed by atoms with van der Waals surface area (Å²) in [5, 5.41) is 18.0.